The number of hydrogen-bond donors (Lipinski definition) is 1. The van der Waals surface area contributed by atoms with Crippen molar-refractivity contribution in [3.8, 4) is 0 Å². The molecule has 0 bridgehead atoms. The molecule has 32 heavy (non-hydrogen) atoms. The number of aryl methyl sites for hydroxylation is 2. The van der Waals surface area contributed by atoms with Gasteiger partial charge in [-0.2, -0.15) is 0 Å². The van der Waals surface area contributed by atoms with Crippen LogP contribution in [0.2, 0.25) is 0 Å². The molecule has 2 aromatic carbocycles. The third-order valence-electron chi connectivity index (χ3n) is 5.67. The first-order chi connectivity index (χ1) is 15.3. The molecule has 0 aliphatic heterocycles. The van der Waals surface area contributed by atoms with Crippen molar-refractivity contribution in [2.45, 2.75) is 39.9 Å². The minimum atomic E-state index is -0.209. The predicted molar refractivity (Wildman–Crippen MR) is 127 cm³/mol. The Hall–Kier alpha value is -2.96. The third kappa shape index (κ3) is 6.52. The average Bonchev–Trinajstić information content (AvgIpc) is 3.23. The molecule has 6 nitrogen and oxygen atoms in total. The van der Waals surface area contributed by atoms with Crippen LogP contribution in [0, 0.1) is 13.8 Å². The molecule has 0 saturated heterocycles. The second-order valence-corrected chi connectivity index (χ2v) is 8.61. The van der Waals surface area contributed by atoms with Gasteiger partial charge in [0.05, 0.1) is 6.54 Å². The van der Waals surface area contributed by atoms with Crippen molar-refractivity contribution in [2.75, 3.05) is 27.2 Å². The molecule has 1 amide bonds. The lowest BCUT2D eigenvalue weighted by atomic mass is 10.0. The van der Waals surface area contributed by atoms with Gasteiger partial charge in [-0.25, -0.2) is 4.98 Å². The maximum atomic E-state index is 12.4. The zero-order valence-corrected chi connectivity index (χ0v) is 19.8. The Labute approximate surface area is 191 Å². The number of hydrogen-bond acceptors (Lipinski definition) is 5. The molecule has 0 aliphatic carbocycles. The summed E-state index contributed by atoms with van der Waals surface area (Å²) in [5.74, 6) is 0.328. The van der Waals surface area contributed by atoms with E-state index in [-0.39, 0.29) is 11.9 Å². The number of aromatic nitrogens is 1. The lowest BCUT2D eigenvalue weighted by molar-refractivity contribution is 0.0946. The molecule has 0 aliphatic rings. The highest BCUT2D eigenvalue weighted by molar-refractivity contribution is 5.91. The van der Waals surface area contributed by atoms with Crippen molar-refractivity contribution in [3.05, 3.63) is 88.6 Å². The first-order valence-electron chi connectivity index (χ1n) is 11.1. The molecule has 3 aromatic rings. The summed E-state index contributed by atoms with van der Waals surface area (Å²) >= 11 is 0. The van der Waals surface area contributed by atoms with Gasteiger partial charge in [-0.15, -0.1) is 0 Å². The molecule has 1 aromatic heterocycles. The zero-order valence-electron chi connectivity index (χ0n) is 19.8. The molecule has 0 unspecified atom stereocenters. The maximum Gasteiger partial charge on any atom is 0.273 e. The van der Waals surface area contributed by atoms with E-state index in [9.17, 15) is 4.79 Å². The van der Waals surface area contributed by atoms with E-state index in [1.807, 2.05) is 25.1 Å². The fraction of sp³-hybridized carbons (Fsp3) is 0.385. The predicted octanol–water partition coefficient (Wildman–Crippen LogP) is 4.35. The number of rotatable bonds is 10. The molecule has 0 saturated carbocycles. The number of amides is 1. The molecule has 1 atom stereocenters. The van der Waals surface area contributed by atoms with E-state index in [0.717, 1.165) is 13.1 Å². The van der Waals surface area contributed by atoms with Crippen LogP contribution in [0.1, 0.15) is 51.6 Å². The Kier molecular flexibility index (Phi) is 8.20. The van der Waals surface area contributed by atoms with E-state index in [1.165, 1.54) is 28.5 Å². The summed E-state index contributed by atoms with van der Waals surface area (Å²) in [5.41, 5.74) is 5.34. The Bertz CT molecular complexity index is 1010. The highest BCUT2D eigenvalue weighted by atomic mass is 16.3. The minimum Gasteiger partial charge on any atom is -0.447 e. The van der Waals surface area contributed by atoms with Crippen molar-refractivity contribution in [1.82, 2.24) is 20.1 Å². The number of nitrogens with one attached hydrogen (secondary N) is 1. The van der Waals surface area contributed by atoms with Gasteiger partial charge >= 0.3 is 0 Å². The third-order valence-corrected chi connectivity index (χ3v) is 5.67. The van der Waals surface area contributed by atoms with E-state index in [2.05, 4.69) is 78.4 Å². The number of benzene rings is 2. The van der Waals surface area contributed by atoms with Gasteiger partial charge in [-0.3, -0.25) is 9.69 Å². The zero-order chi connectivity index (χ0) is 23.1. The molecule has 170 valence electrons. The fourth-order valence-electron chi connectivity index (χ4n) is 3.66. The van der Waals surface area contributed by atoms with Gasteiger partial charge in [0.15, 0.2) is 5.69 Å². The summed E-state index contributed by atoms with van der Waals surface area (Å²) < 4.78 is 5.69. The number of oxazole rings is 1. The summed E-state index contributed by atoms with van der Waals surface area (Å²) in [6, 6.07) is 17.1. The first-order valence-corrected chi connectivity index (χ1v) is 11.1. The second kappa shape index (κ2) is 11.1. The van der Waals surface area contributed by atoms with E-state index < -0.39 is 0 Å². The molecule has 1 heterocycles. The van der Waals surface area contributed by atoms with Crippen LogP contribution in [0.3, 0.4) is 0 Å². The molecular weight excluding hydrogens is 400 g/mol. The topological polar surface area (TPSA) is 61.6 Å². The number of likely N-dealkylation sites (N-methyl/N-ethyl adjacent to an activating group) is 1. The van der Waals surface area contributed by atoms with Crippen molar-refractivity contribution in [3.63, 3.8) is 0 Å². The van der Waals surface area contributed by atoms with Crippen LogP contribution < -0.4 is 5.32 Å². The second-order valence-electron chi connectivity index (χ2n) is 8.61. The summed E-state index contributed by atoms with van der Waals surface area (Å²) in [7, 11) is 3.94. The van der Waals surface area contributed by atoms with Gasteiger partial charge in [0.25, 0.3) is 5.91 Å². The smallest absolute Gasteiger partial charge is 0.273 e. The quantitative estimate of drug-likeness (QED) is 0.514. The highest BCUT2D eigenvalue weighted by Gasteiger charge is 2.21. The van der Waals surface area contributed by atoms with E-state index in [0.29, 0.717) is 24.7 Å². The number of nitrogens with zero attached hydrogens (tertiary/aromatic N) is 3. The molecule has 6 heteroatoms. The standard InChI is InChI=1S/C26H34N4O2/c1-19-11-12-23(20(2)15-19)16-30(21(3)22-9-7-6-8-10-22)17-25-28-24(18-32-25)26(31)27-13-14-29(4)5/h6-12,15,18,21H,13-14,16-17H2,1-5H3,(H,27,31)/t21-/m1/s1. The monoisotopic (exact) mass is 434 g/mol. The van der Waals surface area contributed by atoms with Gasteiger partial charge in [-0.1, -0.05) is 54.1 Å². The normalized spacial score (nSPS) is 12.3. The highest BCUT2D eigenvalue weighted by Crippen LogP contribution is 2.25. The van der Waals surface area contributed by atoms with Crippen LogP contribution in [-0.2, 0) is 13.1 Å². The fourth-order valence-corrected chi connectivity index (χ4v) is 3.66. The summed E-state index contributed by atoms with van der Waals surface area (Å²) in [6.07, 6.45) is 1.45. The Balaban J connectivity index is 1.77. The Morgan fingerprint density at radius 1 is 1.09 bits per heavy atom. The summed E-state index contributed by atoms with van der Waals surface area (Å²) in [5, 5.41) is 2.88. The summed E-state index contributed by atoms with van der Waals surface area (Å²) in [4.78, 5) is 21.2. The largest absolute Gasteiger partial charge is 0.447 e. The van der Waals surface area contributed by atoms with Crippen LogP contribution in [-0.4, -0.2) is 47.9 Å². The van der Waals surface area contributed by atoms with Crippen LogP contribution in [0.5, 0.6) is 0 Å². The van der Waals surface area contributed by atoms with E-state index in [1.54, 1.807) is 0 Å². The maximum absolute atomic E-state index is 12.4. The van der Waals surface area contributed by atoms with Gasteiger partial charge in [0.1, 0.15) is 6.26 Å². The first kappa shape index (κ1) is 23.7. The van der Waals surface area contributed by atoms with Gasteiger partial charge in [-0.05, 0) is 51.6 Å². The molecular formula is C26H34N4O2. The molecule has 0 spiro atoms. The number of carbonyl (C=O) groups is 1. The van der Waals surface area contributed by atoms with Crippen LogP contribution in [0.15, 0.2) is 59.2 Å². The lowest BCUT2D eigenvalue weighted by Gasteiger charge is -2.29. The van der Waals surface area contributed by atoms with Crippen molar-refractivity contribution >= 4 is 5.91 Å². The average molecular weight is 435 g/mol. The van der Waals surface area contributed by atoms with Crippen LogP contribution >= 0.6 is 0 Å². The number of carbonyl (C=O) groups excluding carboxylic acids is 1. The van der Waals surface area contributed by atoms with E-state index in [4.69, 9.17) is 4.42 Å². The SMILES string of the molecule is Cc1ccc(CN(Cc2nc(C(=O)NCCN(C)C)co2)[C@H](C)c2ccccc2)c(C)c1. The van der Waals surface area contributed by atoms with Crippen molar-refractivity contribution in [1.29, 1.82) is 0 Å². The molecule has 0 fully saturated rings. The Morgan fingerprint density at radius 3 is 2.53 bits per heavy atom. The lowest BCUT2D eigenvalue weighted by Crippen LogP contribution is -2.31. The van der Waals surface area contributed by atoms with Crippen LogP contribution in [0.4, 0.5) is 0 Å². The summed E-state index contributed by atoms with van der Waals surface area (Å²) in [6.45, 7) is 9.06. The molecule has 0 radical (unpaired) electrons. The van der Waals surface area contributed by atoms with Gasteiger partial charge < -0.3 is 14.6 Å². The van der Waals surface area contributed by atoms with Crippen molar-refractivity contribution in [2.24, 2.45) is 0 Å². The molecule has 1 N–H and O–H groups in total. The van der Waals surface area contributed by atoms with Gasteiger partial charge in [0.2, 0.25) is 5.89 Å². The van der Waals surface area contributed by atoms with E-state index >= 15 is 0 Å². The van der Waals surface area contributed by atoms with Gasteiger partial charge in [0, 0.05) is 25.7 Å². The Morgan fingerprint density at radius 2 is 1.84 bits per heavy atom. The van der Waals surface area contributed by atoms with Crippen LogP contribution in [0.25, 0.3) is 0 Å². The minimum absolute atomic E-state index is 0.154. The van der Waals surface area contributed by atoms with Crippen molar-refractivity contribution < 1.29 is 9.21 Å². The molecule has 3 rings (SSSR count).